The topological polar surface area (TPSA) is 60.4 Å². The molecule has 0 radical (unpaired) electrons. The van der Waals surface area contributed by atoms with Crippen molar-refractivity contribution in [3.63, 3.8) is 0 Å². The molecule has 0 bridgehead atoms. The Morgan fingerprint density at radius 2 is 2.00 bits per heavy atom. The lowest BCUT2D eigenvalue weighted by molar-refractivity contribution is 0.0876. The van der Waals surface area contributed by atoms with Gasteiger partial charge in [-0.3, -0.25) is 9.59 Å². The summed E-state index contributed by atoms with van der Waals surface area (Å²) in [5.41, 5.74) is 0.434. The van der Waals surface area contributed by atoms with E-state index in [9.17, 15) is 9.59 Å². The third-order valence-electron chi connectivity index (χ3n) is 2.33. The molecule has 17 heavy (non-hydrogen) atoms. The highest BCUT2D eigenvalue weighted by Gasteiger charge is 2.18. The second-order valence-electron chi connectivity index (χ2n) is 3.52. The van der Waals surface area contributed by atoms with Crippen LogP contribution in [0, 0.1) is 6.92 Å². The van der Waals surface area contributed by atoms with Gasteiger partial charge in [-0.1, -0.05) is 0 Å². The highest BCUT2D eigenvalue weighted by Crippen LogP contribution is 2.17. The highest BCUT2D eigenvalue weighted by molar-refractivity contribution is 9.10. The molecule has 88 valence electrons. The maximum Gasteiger partial charge on any atom is 0.205 e. The molecule has 0 fully saturated rings. The van der Waals surface area contributed by atoms with Gasteiger partial charge in [-0.15, -0.1) is 0 Å². The number of halogens is 1. The van der Waals surface area contributed by atoms with Crippen molar-refractivity contribution in [3.05, 3.63) is 46.2 Å². The number of furan rings is 2. The lowest BCUT2D eigenvalue weighted by atomic mass is 10.1. The SMILES string of the molecule is Cc1occc1C(=O)CC(=O)c1ccc(Br)o1. The van der Waals surface area contributed by atoms with Gasteiger partial charge in [0.1, 0.15) is 5.76 Å². The van der Waals surface area contributed by atoms with Crippen LogP contribution in [-0.2, 0) is 0 Å². The van der Waals surface area contributed by atoms with E-state index in [1.165, 1.54) is 12.3 Å². The molecule has 0 saturated heterocycles. The average molecular weight is 297 g/mol. The zero-order valence-electron chi connectivity index (χ0n) is 9.03. The summed E-state index contributed by atoms with van der Waals surface area (Å²) in [5, 5.41) is 0. The highest BCUT2D eigenvalue weighted by atomic mass is 79.9. The maximum absolute atomic E-state index is 11.8. The molecule has 2 rings (SSSR count). The second-order valence-corrected chi connectivity index (χ2v) is 4.30. The van der Waals surface area contributed by atoms with Crippen molar-refractivity contribution in [2.75, 3.05) is 0 Å². The van der Waals surface area contributed by atoms with E-state index in [4.69, 9.17) is 8.83 Å². The van der Waals surface area contributed by atoms with Crippen molar-refractivity contribution in [3.8, 4) is 0 Å². The Kier molecular flexibility index (Phi) is 3.28. The fourth-order valence-electron chi connectivity index (χ4n) is 1.47. The predicted octanol–water partition coefficient (Wildman–Crippen LogP) is 3.40. The monoisotopic (exact) mass is 296 g/mol. The summed E-state index contributed by atoms with van der Waals surface area (Å²) in [4.78, 5) is 23.5. The molecule has 0 aliphatic rings. The third kappa shape index (κ3) is 2.55. The Morgan fingerprint density at radius 1 is 1.24 bits per heavy atom. The number of aryl methyl sites for hydroxylation is 1. The van der Waals surface area contributed by atoms with Crippen molar-refractivity contribution < 1.29 is 18.4 Å². The molecule has 0 aromatic carbocycles. The molecular formula is C12H9BrO4. The Morgan fingerprint density at radius 3 is 2.53 bits per heavy atom. The minimum absolute atomic E-state index is 0.173. The van der Waals surface area contributed by atoms with E-state index >= 15 is 0 Å². The maximum atomic E-state index is 11.8. The summed E-state index contributed by atoms with van der Waals surface area (Å²) in [6.45, 7) is 1.68. The van der Waals surface area contributed by atoms with Crippen LogP contribution in [-0.4, -0.2) is 11.6 Å². The number of hydrogen-bond donors (Lipinski definition) is 0. The first-order valence-corrected chi connectivity index (χ1v) is 5.73. The van der Waals surface area contributed by atoms with Gasteiger partial charge < -0.3 is 8.83 Å². The van der Waals surface area contributed by atoms with Gasteiger partial charge in [-0.05, 0) is 41.1 Å². The summed E-state index contributed by atoms with van der Waals surface area (Å²) >= 11 is 3.10. The van der Waals surface area contributed by atoms with Crippen LogP contribution >= 0.6 is 15.9 Å². The summed E-state index contributed by atoms with van der Waals surface area (Å²) < 4.78 is 10.6. The van der Waals surface area contributed by atoms with Gasteiger partial charge in [0.05, 0.1) is 18.2 Å². The van der Waals surface area contributed by atoms with Crippen molar-refractivity contribution in [1.82, 2.24) is 0 Å². The molecule has 4 nitrogen and oxygen atoms in total. The van der Waals surface area contributed by atoms with Crippen LogP contribution in [0.25, 0.3) is 0 Å². The Labute approximate surface area is 106 Å². The normalized spacial score (nSPS) is 10.5. The van der Waals surface area contributed by atoms with E-state index in [1.807, 2.05) is 0 Å². The van der Waals surface area contributed by atoms with Gasteiger partial charge in [0.25, 0.3) is 0 Å². The van der Waals surface area contributed by atoms with Gasteiger partial charge in [-0.25, -0.2) is 0 Å². The van der Waals surface area contributed by atoms with Crippen LogP contribution in [0.5, 0.6) is 0 Å². The standard InChI is InChI=1S/C12H9BrO4/c1-7-8(4-5-16-7)9(14)6-10(15)11-2-3-12(13)17-11/h2-5H,6H2,1H3. The van der Waals surface area contributed by atoms with Crippen molar-refractivity contribution in [1.29, 1.82) is 0 Å². The van der Waals surface area contributed by atoms with Gasteiger partial charge in [0.15, 0.2) is 16.2 Å². The molecule has 0 saturated carbocycles. The Hall–Kier alpha value is -1.62. The van der Waals surface area contributed by atoms with Gasteiger partial charge in [-0.2, -0.15) is 0 Å². The minimum atomic E-state index is -0.346. The van der Waals surface area contributed by atoms with Crippen LogP contribution in [0.15, 0.2) is 38.0 Å². The second kappa shape index (κ2) is 4.71. The van der Waals surface area contributed by atoms with E-state index in [1.54, 1.807) is 19.1 Å². The van der Waals surface area contributed by atoms with E-state index in [0.717, 1.165) is 0 Å². The molecule has 2 aromatic rings. The number of hydrogen-bond acceptors (Lipinski definition) is 4. The van der Waals surface area contributed by atoms with Gasteiger partial charge in [0.2, 0.25) is 5.78 Å². The van der Waals surface area contributed by atoms with Gasteiger partial charge in [0, 0.05) is 0 Å². The first-order chi connectivity index (χ1) is 8.08. The first-order valence-electron chi connectivity index (χ1n) is 4.94. The average Bonchev–Trinajstić information content (AvgIpc) is 2.86. The third-order valence-corrected chi connectivity index (χ3v) is 2.75. The molecule has 0 aliphatic heterocycles. The fourth-order valence-corrected chi connectivity index (χ4v) is 1.77. The molecule has 5 heteroatoms. The molecule has 0 N–H and O–H groups in total. The summed E-state index contributed by atoms with van der Waals surface area (Å²) in [6, 6.07) is 4.70. The van der Waals surface area contributed by atoms with Gasteiger partial charge >= 0.3 is 0 Å². The Bertz CT molecular complexity index is 565. The van der Waals surface area contributed by atoms with Crippen LogP contribution in [0.3, 0.4) is 0 Å². The largest absolute Gasteiger partial charge is 0.469 e. The summed E-state index contributed by atoms with van der Waals surface area (Å²) in [7, 11) is 0. The molecule has 0 unspecified atom stereocenters. The predicted molar refractivity (Wildman–Crippen MR) is 63.1 cm³/mol. The van der Waals surface area contributed by atoms with Crippen LogP contribution in [0.4, 0.5) is 0 Å². The van der Waals surface area contributed by atoms with E-state index in [2.05, 4.69) is 15.9 Å². The first kappa shape index (κ1) is 11.9. The number of carbonyl (C=O) groups is 2. The molecule has 0 atom stereocenters. The van der Waals surface area contributed by atoms with E-state index in [0.29, 0.717) is 16.0 Å². The number of carbonyl (C=O) groups excluding carboxylic acids is 2. The lowest BCUT2D eigenvalue weighted by Gasteiger charge is -1.97. The molecule has 0 amide bonds. The van der Waals surface area contributed by atoms with Crippen LogP contribution < -0.4 is 0 Å². The lowest BCUT2D eigenvalue weighted by Crippen LogP contribution is -2.08. The van der Waals surface area contributed by atoms with Crippen LogP contribution in [0.2, 0.25) is 0 Å². The number of Topliss-reactive ketones (excluding diaryl/α,β-unsaturated/α-hetero) is 2. The molecule has 0 spiro atoms. The minimum Gasteiger partial charge on any atom is -0.469 e. The van der Waals surface area contributed by atoms with E-state index < -0.39 is 0 Å². The molecular weight excluding hydrogens is 288 g/mol. The summed E-state index contributed by atoms with van der Waals surface area (Å²) in [5.74, 6) is 0.0740. The smallest absolute Gasteiger partial charge is 0.205 e. The zero-order valence-corrected chi connectivity index (χ0v) is 10.6. The molecule has 2 aromatic heterocycles. The van der Waals surface area contributed by atoms with E-state index in [-0.39, 0.29) is 23.7 Å². The Balaban J connectivity index is 2.10. The molecule has 2 heterocycles. The van der Waals surface area contributed by atoms with Crippen molar-refractivity contribution in [2.24, 2.45) is 0 Å². The number of rotatable bonds is 4. The number of ketones is 2. The van der Waals surface area contributed by atoms with Crippen molar-refractivity contribution >= 4 is 27.5 Å². The quantitative estimate of drug-likeness (QED) is 0.641. The fraction of sp³-hybridized carbons (Fsp3) is 0.167. The zero-order chi connectivity index (χ0) is 12.4. The van der Waals surface area contributed by atoms with Crippen LogP contribution in [0.1, 0.15) is 33.1 Å². The molecule has 0 aliphatic carbocycles. The van der Waals surface area contributed by atoms with Crippen molar-refractivity contribution in [2.45, 2.75) is 13.3 Å². The summed E-state index contributed by atoms with van der Waals surface area (Å²) in [6.07, 6.45) is 1.21.